The van der Waals surface area contributed by atoms with Crippen LogP contribution in [0, 0.1) is 0 Å². The quantitative estimate of drug-likeness (QED) is 0.539. The molecule has 1 aromatic carbocycles. The maximum absolute atomic E-state index is 11.3. The molecule has 0 heterocycles. The van der Waals surface area contributed by atoms with Crippen LogP contribution in [0.4, 0.5) is 0 Å². The van der Waals surface area contributed by atoms with E-state index in [4.69, 9.17) is 0 Å². The van der Waals surface area contributed by atoms with Gasteiger partial charge in [-0.2, -0.15) is 0 Å². The van der Waals surface area contributed by atoms with Crippen molar-refractivity contribution in [2.75, 3.05) is 7.11 Å². The largest absolute Gasteiger partial charge is 0.399 e. The van der Waals surface area contributed by atoms with Crippen molar-refractivity contribution < 1.29 is 9.63 Å². The number of carbonyl (C=O) groups is 1. The van der Waals surface area contributed by atoms with Crippen molar-refractivity contribution in [3.63, 3.8) is 0 Å². The molecule has 0 aliphatic carbocycles. The topological polar surface area (TPSA) is 38.7 Å². The molecular formula is C11H13NO2. The molecule has 1 atom stereocenters. The van der Waals surface area contributed by atoms with E-state index in [1.54, 1.807) is 6.92 Å². The summed E-state index contributed by atoms with van der Waals surface area (Å²) in [7, 11) is 1.46. The molecule has 0 amide bonds. The Hall–Kier alpha value is -1.64. The normalized spacial score (nSPS) is 12.7. The molecule has 14 heavy (non-hydrogen) atoms. The van der Waals surface area contributed by atoms with E-state index < -0.39 is 0 Å². The highest BCUT2D eigenvalue weighted by molar-refractivity contribution is 5.98. The fourth-order valence-electron chi connectivity index (χ4n) is 1.21. The summed E-state index contributed by atoms with van der Waals surface area (Å²) in [6.45, 7) is 1.54. The van der Waals surface area contributed by atoms with Crippen molar-refractivity contribution in [3.05, 3.63) is 35.9 Å². The minimum absolute atomic E-state index is 0.0528. The Morgan fingerprint density at radius 1 is 1.43 bits per heavy atom. The standard InChI is InChI=1S/C11H13NO2/c1-9(13)11(8-12-14-2)10-6-4-3-5-7-10/h3-8,11H,1-2H3/b12-8+. The third-order valence-electron chi connectivity index (χ3n) is 1.91. The molecule has 0 aromatic heterocycles. The molecule has 0 fully saturated rings. The van der Waals surface area contributed by atoms with Crippen molar-refractivity contribution >= 4 is 12.0 Å². The van der Waals surface area contributed by atoms with Crippen molar-refractivity contribution in [1.82, 2.24) is 0 Å². The Bertz CT molecular complexity index is 319. The summed E-state index contributed by atoms with van der Waals surface area (Å²) in [5.41, 5.74) is 0.931. The second-order valence-electron chi connectivity index (χ2n) is 2.94. The average molecular weight is 191 g/mol. The number of oxime groups is 1. The van der Waals surface area contributed by atoms with E-state index in [9.17, 15) is 4.79 Å². The maximum atomic E-state index is 11.3. The van der Waals surface area contributed by atoms with Crippen molar-refractivity contribution in [1.29, 1.82) is 0 Å². The first-order chi connectivity index (χ1) is 6.75. The van der Waals surface area contributed by atoms with Gasteiger partial charge in [0.1, 0.15) is 12.9 Å². The van der Waals surface area contributed by atoms with Crippen LogP contribution in [0.3, 0.4) is 0 Å². The summed E-state index contributed by atoms with van der Waals surface area (Å²) in [4.78, 5) is 15.9. The molecule has 74 valence electrons. The number of rotatable bonds is 4. The predicted octanol–water partition coefficient (Wildman–Crippen LogP) is 1.99. The SMILES string of the molecule is CO/N=C/C(C(C)=O)c1ccccc1. The molecule has 1 unspecified atom stereocenters. The van der Waals surface area contributed by atoms with E-state index >= 15 is 0 Å². The van der Waals surface area contributed by atoms with E-state index in [1.807, 2.05) is 30.3 Å². The van der Waals surface area contributed by atoms with Crippen LogP contribution < -0.4 is 0 Å². The Balaban J connectivity index is 2.89. The van der Waals surface area contributed by atoms with Gasteiger partial charge in [-0.1, -0.05) is 35.5 Å². The molecule has 0 aliphatic heterocycles. The van der Waals surface area contributed by atoms with Gasteiger partial charge in [0.25, 0.3) is 0 Å². The number of hydrogen-bond acceptors (Lipinski definition) is 3. The number of Topliss-reactive ketones (excluding diaryl/α,β-unsaturated/α-hetero) is 1. The number of hydrogen-bond donors (Lipinski definition) is 0. The molecule has 0 N–H and O–H groups in total. The van der Waals surface area contributed by atoms with Gasteiger partial charge in [0.05, 0.1) is 12.1 Å². The molecule has 0 saturated carbocycles. The smallest absolute Gasteiger partial charge is 0.142 e. The number of benzene rings is 1. The van der Waals surface area contributed by atoms with Gasteiger partial charge in [-0.25, -0.2) is 0 Å². The van der Waals surface area contributed by atoms with Crippen LogP contribution in [0.5, 0.6) is 0 Å². The summed E-state index contributed by atoms with van der Waals surface area (Å²) < 4.78 is 0. The van der Waals surface area contributed by atoms with Crippen molar-refractivity contribution in [3.8, 4) is 0 Å². The lowest BCUT2D eigenvalue weighted by molar-refractivity contribution is -0.117. The van der Waals surface area contributed by atoms with Gasteiger partial charge < -0.3 is 4.84 Å². The van der Waals surface area contributed by atoms with Gasteiger partial charge in [-0.3, -0.25) is 4.79 Å². The number of carbonyl (C=O) groups excluding carboxylic acids is 1. The van der Waals surface area contributed by atoms with Crippen LogP contribution in [0.2, 0.25) is 0 Å². The lowest BCUT2D eigenvalue weighted by Gasteiger charge is -2.07. The zero-order valence-electron chi connectivity index (χ0n) is 8.31. The van der Waals surface area contributed by atoms with Gasteiger partial charge in [-0.15, -0.1) is 0 Å². The van der Waals surface area contributed by atoms with Gasteiger partial charge in [-0.05, 0) is 12.5 Å². The molecule has 3 nitrogen and oxygen atoms in total. The Kier molecular flexibility index (Phi) is 3.85. The first kappa shape index (κ1) is 10.4. The van der Waals surface area contributed by atoms with E-state index in [2.05, 4.69) is 9.99 Å². The van der Waals surface area contributed by atoms with E-state index in [0.29, 0.717) is 0 Å². The Morgan fingerprint density at radius 3 is 2.57 bits per heavy atom. The van der Waals surface area contributed by atoms with E-state index in [1.165, 1.54) is 13.3 Å². The first-order valence-electron chi connectivity index (χ1n) is 4.37. The maximum Gasteiger partial charge on any atom is 0.142 e. The zero-order chi connectivity index (χ0) is 10.4. The fraction of sp³-hybridized carbons (Fsp3) is 0.273. The van der Waals surface area contributed by atoms with Crippen molar-refractivity contribution in [2.24, 2.45) is 5.16 Å². The monoisotopic (exact) mass is 191 g/mol. The molecule has 0 bridgehead atoms. The lowest BCUT2D eigenvalue weighted by Crippen LogP contribution is -2.10. The van der Waals surface area contributed by atoms with Crippen LogP contribution in [-0.2, 0) is 9.63 Å². The molecule has 0 radical (unpaired) electrons. The van der Waals surface area contributed by atoms with Gasteiger partial charge in [0.2, 0.25) is 0 Å². The van der Waals surface area contributed by atoms with Crippen LogP contribution >= 0.6 is 0 Å². The zero-order valence-corrected chi connectivity index (χ0v) is 8.31. The highest BCUT2D eigenvalue weighted by atomic mass is 16.6. The van der Waals surface area contributed by atoms with Gasteiger partial charge in [0.15, 0.2) is 0 Å². The molecule has 0 saturated heterocycles. The summed E-state index contributed by atoms with van der Waals surface area (Å²) in [6, 6.07) is 9.49. The minimum atomic E-state index is -0.309. The molecule has 0 aliphatic rings. The third-order valence-corrected chi connectivity index (χ3v) is 1.91. The molecular weight excluding hydrogens is 178 g/mol. The predicted molar refractivity (Wildman–Crippen MR) is 55.4 cm³/mol. The first-order valence-corrected chi connectivity index (χ1v) is 4.37. The highest BCUT2D eigenvalue weighted by Gasteiger charge is 2.13. The van der Waals surface area contributed by atoms with Crippen LogP contribution in [0.15, 0.2) is 35.5 Å². The van der Waals surface area contributed by atoms with Crippen LogP contribution in [0.1, 0.15) is 18.4 Å². The van der Waals surface area contributed by atoms with Crippen LogP contribution in [0.25, 0.3) is 0 Å². The lowest BCUT2D eigenvalue weighted by atomic mass is 9.97. The van der Waals surface area contributed by atoms with E-state index in [-0.39, 0.29) is 11.7 Å². The highest BCUT2D eigenvalue weighted by Crippen LogP contribution is 2.14. The molecule has 0 spiro atoms. The average Bonchev–Trinajstić information content (AvgIpc) is 2.19. The van der Waals surface area contributed by atoms with E-state index in [0.717, 1.165) is 5.56 Å². The van der Waals surface area contributed by atoms with Gasteiger partial charge in [0, 0.05) is 0 Å². The van der Waals surface area contributed by atoms with Crippen LogP contribution in [-0.4, -0.2) is 19.1 Å². The minimum Gasteiger partial charge on any atom is -0.399 e. The molecule has 3 heteroatoms. The number of ketones is 1. The summed E-state index contributed by atoms with van der Waals surface area (Å²) in [5, 5.41) is 3.62. The number of nitrogens with zero attached hydrogens (tertiary/aromatic N) is 1. The third kappa shape index (κ3) is 2.69. The summed E-state index contributed by atoms with van der Waals surface area (Å²) >= 11 is 0. The summed E-state index contributed by atoms with van der Waals surface area (Å²) in [6.07, 6.45) is 1.51. The second-order valence-corrected chi connectivity index (χ2v) is 2.94. The molecule has 1 rings (SSSR count). The summed E-state index contributed by atoms with van der Waals surface area (Å²) in [5.74, 6) is -0.256. The Morgan fingerprint density at radius 2 is 2.07 bits per heavy atom. The van der Waals surface area contributed by atoms with Gasteiger partial charge >= 0.3 is 0 Å². The van der Waals surface area contributed by atoms with Crippen molar-refractivity contribution in [2.45, 2.75) is 12.8 Å². The Labute approximate surface area is 83.4 Å². The fourth-order valence-corrected chi connectivity index (χ4v) is 1.21. The molecule has 1 aromatic rings. The second kappa shape index (κ2) is 5.17.